The van der Waals surface area contributed by atoms with Crippen LogP contribution in [0.25, 0.3) is 0 Å². The lowest BCUT2D eigenvalue weighted by Crippen LogP contribution is -2.32. The number of amidine groups is 1. The van der Waals surface area contributed by atoms with Crippen molar-refractivity contribution in [2.75, 3.05) is 13.7 Å². The van der Waals surface area contributed by atoms with Crippen molar-refractivity contribution in [2.24, 2.45) is 4.99 Å². The topological polar surface area (TPSA) is 85.0 Å². The summed E-state index contributed by atoms with van der Waals surface area (Å²) in [6.45, 7) is 3.92. The van der Waals surface area contributed by atoms with Gasteiger partial charge in [0.2, 0.25) is 0 Å². The van der Waals surface area contributed by atoms with E-state index in [1.165, 1.54) is 6.07 Å². The van der Waals surface area contributed by atoms with Crippen molar-refractivity contribution in [2.45, 2.75) is 26.7 Å². The second kappa shape index (κ2) is 7.04. The van der Waals surface area contributed by atoms with Gasteiger partial charge in [-0.05, 0) is 26.3 Å². The van der Waals surface area contributed by atoms with Crippen LogP contribution >= 0.6 is 0 Å². The number of para-hydroxylation sites is 2. The van der Waals surface area contributed by atoms with Crippen LogP contribution in [0.4, 0.5) is 11.4 Å². The SMILES string of the molecule is CCOC(=O)C1=C(C)N(C)C(=Nc2ccccc2[N+](=O)[O-])CC1. The molecule has 0 unspecified atom stereocenters. The van der Waals surface area contributed by atoms with Crippen LogP contribution in [0.2, 0.25) is 0 Å². The molecule has 1 aromatic carbocycles. The smallest absolute Gasteiger partial charge is 0.335 e. The quantitative estimate of drug-likeness (QED) is 0.483. The molecule has 0 fully saturated rings. The summed E-state index contributed by atoms with van der Waals surface area (Å²) in [6.07, 6.45) is 1.03. The van der Waals surface area contributed by atoms with Gasteiger partial charge in [0.25, 0.3) is 5.69 Å². The molecule has 0 amide bonds. The van der Waals surface area contributed by atoms with Gasteiger partial charge in [0.15, 0.2) is 0 Å². The number of ether oxygens (including phenoxy) is 1. The molecule has 0 N–H and O–H groups in total. The Morgan fingerprint density at radius 2 is 2.09 bits per heavy atom. The van der Waals surface area contributed by atoms with Crippen LogP contribution < -0.4 is 0 Å². The Bertz CT molecular complexity index is 694. The number of carbonyl (C=O) groups excluding carboxylic acids is 1. The first-order valence-electron chi connectivity index (χ1n) is 7.37. The molecule has 1 aromatic rings. The number of esters is 1. The van der Waals surface area contributed by atoms with Crippen molar-refractivity contribution in [3.63, 3.8) is 0 Å². The summed E-state index contributed by atoms with van der Waals surface area (Å²) in [6, 6.07) is 6.35. The summed E-state index contributed by atoms with van der Waals surface area (Å²) in [7, 11) is 1.79. The van der Waals surface area contributed by atoms with E-state index in [4.69, 9.17) is 4.74 Å². The molecule has 23 heavy (non-hydrogen) atoms. The minimum Gasteiger partial charge on any atom is -0.463 e. The van der Waals surface area contributed by atoms with Crippen molar-refractivity contribution >= 4 is 23.2 Å². The maximum atomic E-state index is 11.9. The largest absolute Gasteiger partial charge is 0.463 e. The van der Waals surface area contributed by atoms with Crippen molar-refractivity contribution in [3.05, 3.63) is 45.6 Å². The molecule has 0 atom stereocenters. The van der Waals surface area contributed by atoms with Gasteiger partial charge < -0.3 is 9.64 Å². The highest BCUT2D eigenvalue weighted by molar-refractivity contribution is 5.95. The Hall–Kier alpha value is -2.70. The Balaban J connectivity index is 2.34. The number of hydrogen-bond acceptors (Lipinski definition) is 5. The van der Waals surface area contributed by atoms with E-state index in [0.29, 0.717) is 36.5 Å². The predicted molar refractivity (Wildman–Crippen MR) is 86.5 cm³/mol. The molecule has 122 valence electrons. The number of nitrogens with zero attached hydrogens (tertiary/aromatic N) is 3. The summed E-state index contributed by atoms with van der Waals surface area (Å²) >= 11 is 0. The first-order chi connectivity index (χ1) is 11.0. The van der Waals surface area contributed by atoms with Gasteiger partial charge in [-0.25, -0.2) is 9.79 Å². The Morgan fingerprint density at radius 3 is 2.74 bits per heavy atom. The number of rotatable bonds is 4. The Morgan fingerprint density at radius 1 is 1.39 bits per heavy atom. The van der Waals surface area contributed by atoms with Gasteiger partial charge >= 0.3 is 5.97 Å². The predicted octanol–water partition coefficient (Wildman–Crippen LogP) is 3.19. The van der Waals surface area contributed by atoms with Crippen LogP contribution in [0.1, 0.15) is 26.7 Å². The molecule has 0 bridgehead atoms. The molecule has 0 aromatic heterocycles. The van der Waals surface area contributed by atoms with E-state index in [0.717, 1.165) is 5.70 Å². The zero-order chi connectivity index (χ0) is 17.0. The van der Waals surface area contributed by atoms with Crippen LogP contribution in [0.15, 0.2) is 40.5 Å². The molecule has 0 radical (unpaired) electrons. The van der Waals surface area contributed by atoms with E-state index in [-0.39, 0.29) is 11.7 Å². The minimum atomic E-state index is -0.449. The average Bonchev–Trinajstić information content (AvgIpc) is 2.52. The fraction of sp³-hybridized carbons (Fsp3) is 0.375. The van der Waals surface area contributed by atoms with Gasteiger partial charge in [-0.15, -0.1) is 0 Å². The van der Waals surface area contributed by atoms with Crippen LogP contribution in [-0.2, 0) is 9.53 Å². The molecular formula is C16H19N3O4. The highest BCUT2D eigenvalue weighted by atomic mass is 16.6. The number of nitro groups is 1. The highest BCUT2D eigenvalue weighted by Crippen LogP contribution is 2.30. The van der Waals surface area contributed by atoms with Crippen molar-refractivity contribution in [1.29, 1.82) is 0 Å². The normalized spacial score (nSPS) is 16.7. The average molecular weight is 317 g/mol. The van der Waals surface area contributed by atoms with E-state index in [1.807, 2.05) is 6.92 Å². The molecule has 7 heteroatoms. The lowest BCUT2D eigenvalue weighted by molar-refractivity contribution is -0.384. The van der Waals surface area contributed by atoms with E-state index in [9.17, 15) is 14.9 Å². The van der Waals surface area contributed by atoms with Gasteiger partial charge in [-0.3, -0.25) is 10.1 Å². The summed E-state index contributed by atoms with van der Waals surface area (Å²) < 4.78 is 5.05. The summed E-state index contributed by atoms with van der Waals surface area (Å²) in [4.78, 5) is 28.8. The fourth-order valence-electron chi connectivity index (χ4n) is 2.43. The van der Waals surface area contributed by atoms with Crippen LogP contribution in [0, 0.1) is 10.1 Å². The number of nitro benzene ring substituents is 1. The maximum Gasteiger partial charge on any atom is 0.335 e. The molecular weight excluding hydrogens is 298 g/mol. The molecule has 0 saturated heterocycles. The van der Waals surface area contributed by atoms with Gasteiger partial charge in [0, 0.05) is 25.2 Å². The molecule has 0 spiro atoms. The number of aliphatic imine (C=N–C) groups is 1. The fourth-order valence-corrected chi connectivity index (χ4v) is 2.43. The van der Waals surface area contributed by atoms with E-state index < -0.39 is 4.92 Å². The number of benzene rings is 1. The number of hydrogen-bond donors (Lipinski definition) is 0. The monoisotopic (exact) mass is 317 g/mol. The maximum absolute atomic E-state index is 11.9. The molecule has 1 aliphatic heterocycles. The van der Waals surface area contributed by atoms with E-state index >= 15 is 0 Å². The molecule has 0 saturated carbocycles. The van der Waals surface area contributed by atoms with E-state index in [2.05, 4.69) is 4.99 Å². The third kappa shape index (κ3) is 3.56. The third-order valence-corrected chi connectivity index (χ3v) is 3.78. The van der Waals surface area contributed by atoms with Crippen molar-refractivity contribution < 1.29 is 14.5 Å². The zero-order valence-electron chi connectivity index (χ0n) is 13.4. The summed E-state index contributed by atoms with van der Waals surface area (Å²) in [5.41, 5.74) is 1.65. The van der Waals surface area contributed by atoms with Gasteiger partial charge in [-0.2, -0.15) is 0 Å². The number of allylic oxidation sites excluding steroid dienone is 1. The Labute approximate surface area is 134 Å². The van der Waals surface area contributed by atoms with Gasteiger partial charge in [0.05, 0.1) is 17.1 Å². The molecule has 1 heterocycles. The minimum absolute atomic E-state index is 0.0359. The van der Waals surface area contributed by atoms with Crippen LogP contribution in [0.5, 0.6) is 0 Å². The van der Waals surface area contributed by atoms with Crippen LogP contribution in [0.3, 0.4) is 0 Å². The Kier molecular flexibility index (Phi) is 5.10. The van der Waals surface area contributed by atoms with Gasteiger partial charge in [-0.1, -0.05) is 12.1 Å². The molecule has 0 aliphatic carbocycles. The summed E-state index contributed by atoms with van der Waals surface area (Å²) in [5.74, 6) is 0.367. The lowest BCUT2D eigenvalue weighted by Gasteiger charge is -2.29. The second-order valence-corrected chi connectivity index (χ2v) is 5.12. The number of carbonyl (C=O) groups is 1. The van der Waals surface area contributed by atoms with Gasteiger partial charge in [0.1, 0.15) is 11.5 Å². The molecule has 2 rings (SSSR count). The van der Waals surface area contributed by atoms with Crippen molar-refractivity contribution in [3.8, 4) is 0 Å². The molecule has 7 nitrogen and oxygen atoms in total. The third-order valence-electron chi connectivity index (χ3n) is 3.78. The summed E-state index contributed by atoms with van der Waals surface area (Å²) in [5, 5.41) is 11.1. The zero-order valence-corrected chi connectivity index (χ0v) is 13.4. The molecule has 1 aliphatic rings. The first kappa shape index (κ1) is 16.7. The highest BCUT2D eigenvalue weighted by Gasteiger charge is 2.25. The second-order valence-electron chi connectivity index (χ2n) is 5.12. The van der Waals surface area contributed by atoms with Crippen LogP contribution in [-0.4, -0.2) is 35.3 Å². The first-order valence-corrected chi connectivity index (χ1v) is 7.37. The lowest BCUT2D eigenvalue weighted by atomic mass is 10.0. The van der Waals surface area contributed by atoms with Crippen molar-refractivity contribution in [1.82, 2.24) is 4.90 Å². The van der Waals surface area contributed by atoms with E-state index in [1.54, 1.807) is 37.1 Å². The standard InChI is InChI=1S/C16H19N3O4/c1-4-23-16(20)12-9-10-15(18(3)11(12)2)17-13-7-5-6-8-14(13)19(21)22/h5-8H,4,9-10H2,1-3H3.